The van der Waals surface area contributed by atoms with Gasteiger partial charge in [-0.15, -0.1) is 11.8 Å². The van der Waals surface area contributed by atoms with E-state index >= 15 is 0 Å². The van der Waals surface area contributed by atoms with Crippen molar-refractivity contribution in [3.05, 3.63) is 11.8 Å². The number of rotatable bonds is 7. The zero-order chi connectivity index (χ0) is 13.5. The van der Waals surface area contributed by atoms with Crippen molar-refractivity contribution in [3.63, 3.8) is 0 Å². The molecule has 1 aromatic heterocycles. The first-order valence-electron chi connectivity index (χ1n) is 6.11. The molecule has 0 spiro atoms. The number of hydrogen-bond donors (Lipinski definition) is 2. The molecule has 3 N–H and O–H groups in total. The SMILES string of the molecule is CC(CCN)SCC(=O)Nc1cc(C(C)C)no1. The molecular formula is C12H21N3O2S. The lowest BCUT2D eigenvalue weighted by Gasteiger charge is -2.08. The lowest BCUT2D eigenvalue weighted by molar-refractivity contribution is -0.113. The van der Waals surface area contributed by atoms with Crippen LogP contribution in [-0.2, 0) is 4.79 Å². The quantitative estimate of drug-likeness (QED) is 0.794. The van der Waals surface area contributed by atoms with Gasteiger partial charge in [-0.25, -0.2) is 0 Å². The molecule has 1 heterocycles. The molecule has 0 aromatic carbocycles. The highest BCUT2D eigenvalue weighted by Crippen LogP contribution is 2.18. The third kappa shape index (κ3) is 5.10. The number of nitrogens with one attached hydrogen (secondary N) is 1. The van der Waals surface area contributed by atoms with Gasteiger partial charge in [0.1, 0.15) is 0 Å². The van der Waals surface area contributed by atoms with E-state index < -0.39 is 0 Å². The van der Waals surface area contributed by atoms with Crippen LogP contribution in [0.5, 0.6) is 0 Å². The Morgan fingerprint density at radius 1 is 1.56 bits per heavy atom. The summed E-state index contributed by atoms with van der Waals surface area (Å²) < 4.78 is 5.04. The molecule has 0 saturated carbocycles. The van der Waals surface area contributed by atoms with Gasteiger partial charge in [0, 0.05) is 11.3 Å². The maximum absolute atomic E-state index is 11.6. The number of aromatic nitrogens is 1. The molecule has 0 fully saturated rings. The predicted octanol–water partition coefficient (Wildman–Crippen LogP) is 2.21. The van der Waals surface area contributed by atoms with E-state index in [0.717, 1.165) is 12.1 Å². The maximum Gasteiger partial charge on any atom is 0.236 e. The Labute approximate surface area is 112 Å². The number of nitrogens with zero attached hydrogens (tertiary/aromatic N) is 1. The Bertz CT molecular complexity index is 379. The van der Waals surface area contributed by atoms with E-state index in [9.17, 15) is 4.79 Å². The van der Waals surface area contributed by atoms with Crippen LogP contribution < -0.4 is 11.1 Å². The number of hydrogen-bond acceptors (Lipinski definition) is 5. The van der Waals surface area contributed by atoms with E-state index in [-0.39, 0.29) is 5.91 Å². The standard InChI is InChI=1S/C12H21N3O2S/c1-8(2)10-6-12(17-15-10)14-11(16)7-18-9(3)4-5-13/h6,8-9H,4-5,7,13H2,1-3H3,(H,14,16). The molecule has 0 radical (unpaired) electrons. The summed E-state index contributed by atoms with van der Waals surface area (Å²) in [5, 5.41) is 6.97. The fourth-order valence-corrected chi connectivity index (χ4v) is 2.14. The van der Waals surface area contributed by atoms with Crippen molar-refractivity contribution in [2.24, 2.45) is 5.73 Å². The molecule has 1 amide bonds. The van der Waals surface area contributed by atoms with Gasteiger partial charge in [0.15, 0.2) is 0 Å². The first-order chi connectivity index (χ1) is 8.52. The van der Waals surface area contributed by atoms with Crippen LogP contribution in [0.4, 0.5) is 5.88 Å². The summed E-state index contributed by atoms with van der Waals surface area (Å²) in [4.78, 5) is 11.6. The van der Waals surface area contributed by atoms with Gasteiger partial charge in [-0.1, -0.05) is 25.9 Å². The smallest absolute Gasteiger partial charge is 0.236 e. The fourth-order valence-electron chi connectivity index (χ4n) is 1.33. The zero-order valence-electron chi connectivity index (χ0n) is 11.1. The summed E-state index contributed by atoms with van der Waals surface area (Å²) >= 11 is 1.59. The number of carbonyl (C=O) groups is 1. The summed E-state index contributed by atoms with van der Waals surface area (Å²) in [6.07, 6.45) is 0.914. The Kier molecular flexibility index (Phi) is 6.21. The number of carbonyl (C=O) groups excluding carboxylic acids is 1. The van der Waals surface area contributed by atoms with Gasteiger partial charge in [0.2, 0.25) is 11.8 Å². The minimum absolute atomic E-state index is 0.0738. The van der Waals surface area contributed by atoms with Crippen molar-refractivity contribution in [3.8, 4) is 0 Å². The molecule has 0 saturated heterocycles. The Morgan fingerprint density at radius 3 is 2.83 bits per heavy atom. The van der Waals surface area contributed by atoms with E-state index in [1.165, 1.54) is 0 Å². The van der Waals surface area contributed by atoms with Crippen molar-refractivity contribution in [2.75, 3.05) is 17.6 Å². The van der Waals surface area contributed by atoms with E-state index in [2.05, 4.69) is 17.4 Å². The van der Waals surface area contributed by atoms with Crippen molar-refractivity contribution >= 4 is 23.6 Å². The summed E-state index contributed by atoms with van der Waals surface area (Å²) in [6.45, 7) is 6.76. The van der Waals surface area contributed by atoms with Crippen LogP contribution in [-0.4, -0.2) is 28.6 Å². The van der Waals surface area contributed by atoms with Crippen LogP contribution in [0.3, 0.4) is 0 Å². The van der Waals surface area contributed by atoms with E-state index in [0.29, 0.717) is 29.3 Å². The average Bonchev–Trinajstić information content (AvgIpc) is 2.75. The Morgan fingerprint density at radius 2 is 2.28 bits per heavy atom. The summed E-state index contributed by atoms with van der Waals surface area (Å²) in [7, 11) is 0. The van der Waals surface area contributed by atoms with Crippen molar-refractivity contribution in [1.29, 1.82) is 0 Å². The predicted molar refractivity (Wildman–Crippen MR) is 74.8 cm³/mol. The van der Waals surface area contributed by atoms with Gasteiger partial charge in [-0.05, 0) is 18.9 Å². The second-order valence-corrected chi connectivity index (χ2v) is 5.94. The van der Waals surface area contributed by atoms with Crippen LogP contribution in [0.1, 0.15) is 38.8 Å². The molecular weight excluding hydrogens is 250 g/mol. The summed E-state index contributed by atoms with van der Waals surface area (Å²) in [5.74, 6) is 1.03. The lowest BCUT2D eigenvalue weighted by atomic mass is 10.1. The Balaban J connectivity index is 2.35. The van der Waals surface area contributed by atoms with Crippen molar-refractivity contribution < 1.29 is 9.32 Å². The van der Waals surface area contributed by atoms with Gasteiger partial charge in [0.25, 0.3) is 0 Å². The molecule has 5 nitrogen and oxygen atoms in total. The molecule has 1 rings (SSSR count). The normalized spacial score (nSPS) is 12.7. The van der Waals surface area contributed by atoms with Crippen LogP contribution in [0.2, 0.25) is 0 Å². The molecule has 1 aromatic rings. The van der Waals surface area contributed by atoms with Crippen molar-refractivity contribution in [2.45, 2.75) is 38.4 Å². The van der Waals surface area contributed by atoms with Gasteiger partial charge < -0.3 is 10.3 Å². The first kappa shape index (κ1) is 15.0. The van der Waals surface area contributed by atoms with E-state index in [4.69, 9.17) is 10.3 Å². The molecule has 0 bridgehead atoms. The van der Waals surface area contributed by atoms with Gasteiger partial charge in [-0.3, -0.25) is 10.1 Å². The zero-order valence-corrected chi connectivity index (χ0v) is 11.9. The van der Waals surface area contributed by atoms with Gasteiger partial charge in [-0.2, -0.15) is 0 Å². The van der Waals surface area contributed by atoms with Crippen molar-refractivity contribution in [1.82, 2.24) is 5.16 Å². The van der Waals surface area contributed by atoms with Crippen LogP contribution >= 0.6 is 11.8 Å². The van der Waals surface area contributed by atoms with E-state index in [1.54, 1.807) is 17.8 Å². The second-order valence-electron chi connectivity index (χ2n) is 4.52. The number of thioether (sulfide) groups is 1. The molecule has 1 atom stereocenters. The number of anilines is 1. The molecule has 0 aliphatic rings. The fraction of sp³-hybridized carbons (Fsp3) is 0.667. The molecule has 1 unspecified atom stereocenters. The second kappa shape index (κ2) is 7.43. The molecule has 0 aliphatic carbocycles. The monoisotopic (exact) mass is 271 g/mol. The topological polar surface area (TPSA) is 81.2 Å². The molecule has 18 heavy (non-hydrogen) atoms. The first-order valence-corrected chi connectivity index (χ1v) is 7.16. The highest BCUT2D eigenvalue weighted by atomic mass is 32.2. The largest absolute Gasteiger partial charge is 0.338 e. The maximum atomic E-state index is 11.6. The Hall–Kier alpha value is -1.01. The summed E-state index contributed by atoms with van der Waals surface area (Å²) in [6, 6.07) is 1.76. The third-order valence-corrected chi connectivity index (χ3v) is 3.69. The lowest BCUT2D eigenvalue weighted by Crippen LogP contribution is -2.16. The van der Waals surface area contributed by atoms with Gasteiger partial charge >= 0.3 is 0 Å². The molecule has 0 aliphatic heterocycles. The average molecular weight is 271 g/mol. The minimum atomic E-state index is -0.0738. The minimum Gasteiger partial charge on any atom is -0.338 e. The summed E-state index contributed by atoms with van der Waals surface area (Å²) in [5.41, 5.74) is 6.30. The highest BCUT2D eigenvalue weighted by Gasteiger charge is 2.11. The van der Waals surface area contributed by atoms with Crippen LogP contribution in [0.15, 0.2) is 10.6 Å². The van der Waals surface area contributed by atoms with Crippen LogP contribution in [0, 0.1) is 0 Å². The van der Waals surface area contributed by atoms with E-state index in [1.807, 2.05) is 13.8 Å². The number of nitrogens with two attached hydrogens (primary N) is 1. The molecule has 102 valence electrons. The highest BCUT2D eigenvalue weighted by molar-refractivity contribution is 8.00. The van der Waals surface area contributed by atoms with Gasteiger partial charge in [0.05, 0.1) is 11.4 Å². The van der Waals surface area contributed by atoms with Crippen LogP contribution in [0.25, 0.3) is 0 Å². The third-order valence-electron chi connectivity index (χ3n) is 2.45. The number of amides is 1. The molecule has 6 heteroatoms.